The van der Waals surface area contributed by atoms with Crippen molar-refractivity contribution in [3.05, 3.63) is 108 Å². The van der Waals surface area contributed by atoms with E-state index >= 15 is 0 Å². The lowest BCUT2D eigenvalue weighted by Gasteiger charge is -2.43. The molecular formula is C30H30N4O3. The molecule has 0 fully saturated rings. The van der Waals surface area contributed by atoms with Crippen molar-refractivity contribution in [1.29, 1.82) is 0 Å². The molecule has 7 heteroatoms. The summed E-state index contributed by atoms with van der Waals surface area (Å²) in [5, 5.41) is 7.76. The Kier molecular flexibility index (Phi) is 6.77. The van der Waals surface area contributed by atoms with E-state index in [1.165, 1.54) is 0 Å². The summed E-state index contributed by atoms with van der Waals surface area (Å²) in [7, 11) is 0. The third-order valence-electron chi connectivity index (χ3n) is 6.73. The van der Waals surface area contributed by atoms with Crippen molar-refractivity contribution >= 4 is 11.8 Å². The molecule has 1 N–H and O–H groups in total. The van der Waals surface area contributed by atoms with E-state index in [0.717, 1.165) is 22.4 Å². The van der Waals surface area contributed by atoms with Crippen LogP contribution in [0.2, 0.25) is 0 Å². The summed E-state index contributed by atoms with van der Waals surface area (Å²) < 4.78 is 7.23. The molecule has 1 aliphatic rings. The number of ether oxygens (including phenoxy) is 1. The molecule has 37 heavy (non-hydrogen) atoms. The van der Waals surface area contributed by atoms with Crippen molar-refractivity contribution in [3.63, 3.8) is 0 Å². The van der Waals surface area contributed by atoms with Gasteiger partial charge in [-0.1, -0.05) is 72.8 Å². The topological polar surface area (TPSA) is 76.5 Å². The third-order valence-corrected chi connectivity index (χ3v) is 6.73. The van der Waals surface area contributed by atoms with Gasteiger partial charge in [0.15, 0.2) is 0 Å². The van der Waals surface area contributed by atoms with Crippen molar-refractivity contribution in [1.82, 2.24) is 20.0 Å². The Morgan fingerprint density at radius 2 is 1.65 bits per heavy atom. The summed E-state index contributed by atoms with van der Waals surface area (Å²) in [4.78, 5) is 29.3. The SMILES string of the molecule is CCOc1ccc(CN2C(=O)c3cc(-c4ccccc4)nn3CC2(C)C(=O)NCc2ccccc2)cc1. The maximum atomic E-state index is 13.9. The smallest absolute Gasteiger partial charge is 0.273 e. The van der Waals surface area contributed by atoms with Crippen LogP contribution in [0.25, 0.3) is 11.3 Å². The molecule has 1 aromatic heterocycles. The van der Waals surface area contributed by atoms with E-state index in [1.54, 1.807) is 9.58 Å². The van der Waals surface area contributed by atoms with Crippen LogP contribution in [0, 0.1) is 0 Å². The monoisotopic (exact) mass is 494 g/mol. The summed E-state index contributed by atoms with van der Waals surface area (Å²) in [6.07, 6.45) is 0. The number of hydrogen-bond donors (Lipinski definition) is 1. The molecular weight excluding hydrogens is 464 g/mol. The van der Waals surface area contributed by atoms with Gasteiger partial charge in [0.25, 0.3) is 5.91 Å². The average molecular weight is 495 g/mol. The van der Waals surface area contributed by atoms with Crippen molar-refractivity contribution in [2.24, 2.45) is 0 Å². The standard InChI is InChI=1S/C30H30N4O3/c1-3-37-25-16-14-23(15-17-25)20-33-28(35)27-18-26(24-12-8-5-9-13-24)32-34(27)21-30(33,2)29(36)31-19-22-10-6-4-7-11-22/h4-18H,3,19-21H2,1-2H3,(H,31,36). The van der Waals surface area contributed by atoms with Crippen molar-refractivity contribution < 1.29 is 14.3 Å². The molecule has 1 atom stereocenters. The van der Waals surface area contributed by atoms with Gasteiger partial charge in [0.1, 0.15) is 17.0 Å². The molecule has 1 unspecified atom stereocenters. The summed E-state index contributed by atoms with van der Waals surface area (Å²) in [6.45, 7) is 5.24. The lowest BCUT2D eigenvalue weighted by Crippen LogP contribution is -2.63. The number of rotatable bonds is 8. The van der Waals surface area contributed by atoms with E-state index in [0.29, 0.717) is 24.5 Å². The molecule has 0 saturated heterocycles. The van der Waals surface area contributed by atoms with Gasteiger partial charge in [-0.3, -0.25) is 14.3 Å². The first kappa shape index (κ1) is 24.3. The van der Waals surface area contributed by atoms with Crippen LogP contribution in [0.4, 0.5) is 0 Å². The molecule has 0 bridgehead atoms. The highest BCUT2D eigenvalue weighted by Gasteiger charge is 2.48. The van der Waals surface area contributed by atoms with Crippen molar-refractivity contribution in [2.75, 3.05) is 6.61 Å². The number of hydrogen-bond acceptors (Lipinski definition) is 4. The van der Waals surface area contributed by atoms with Crippen LogP contribution in [-0.4, -0.2) is 38.6 Å². The lowest BCUT2D eigenvalue weighted by molar-refractivity contribution is -0.133. The molecule has 5 rings (SSSR count). The largest absolute Gasteiger partial charge is 0.494 e. The lowest BCUT2D eigenvalue weighted by atomic mass is 9.94. The molecule has 1 aliphatic heterocycles. The number of aromatic nitrogens is 2. The normalized spacial score (nSPS) is 16.8. The van der Waals surface area contributed by atoms with E-state index < -0.39 is 5.54 Å². The molecule has 0 aliphatic carbocycles. The highest BCUT2D eigenvalue weighted by molar-refractivity contribution is 6.00. The number of carbonyl (C=O) groups excluding carboxylic acids is 2. The van der Waals surface area contributed by atoms with Crippen molar-refractivity contribution in [2.45, 2.75) is 39.0 Å². The van der Waals surface area contributed by atoms with Crippen LogP contribution in [0.15, 0.2) is 91.0 Å². The van der Waals surface area contributed by atoms with Gasteiger partial charge in [-0.25, -0.2) is 0 Å². The van der Waals surface area contributed by atoms with Gasteiger partial charge in [-0.05, 0) is 43.2 Å². The van der Waals surface area contributed by atoms with E-state index in [4.69, 9.17) is 9.84 Å². The van der Waals surface area contributed by atoms with Crippen LogP contribution in [0.1, 0.15) is 35.5 Å². The molecule has 2 heterocycles. The molecule has 0 saturated carbocycles. The van der Waals surface area contributed by atoms with Gasteiger partial charge in [0.2, 0.25) is 5.91 Å². The quantitative estimate of drug-likeness (QED) is 0.386. The summed E-state index contributed by atoms with van der Waals surface area (Å²) in [5.41, 5.74) is 2.86. The molecule has 0 radical (unpaired) electrons. The van der Waals surface area contributed by atoms with Crippen LogP contribution >= 0.6 is 0 Å². The summed E-state index contributed by atoms with van der Waals surface area (Å²) in [5.74, 6) is 0.315. The minimum atomic E-state index is -1.14. The Balaban J connectivity index is 1.47. The fourth-order valence-corrected chi connectivity index (χ4v) is 4.65. The van der Waals surface area contributed by atoms with E-state index in [2.05, 4.69) is 5.32 Å². The Morgan fingerprint density at radius 1 is 0.973 bits per heavy atom. The van der Waals surface area contributed by atoms with E-state index in [1.807, 2.05) is 105 Å². The highest BCUT2D eigenvalue weighted by atomic mass is 16.5. The molecule has 4 aromatic rings. The molecule has 7 nitrogen and oxygen atoms in total. The fourth-order valence-electron chi connectivity index (χ4n) is 4.65. The van der Waals surface area contributed by atoms with Crippen LogP contribution < -0.4 is 10.1 Å². The van der Waals surface area contributed by atoms with Crippen LogP contribution in [0.3, 0.4) is 0 Å². The van der Waals surface area contributed by atoms with E-state index in [9.17, 15) is 9.59 Å². The molecule has 2 amide bonds. The van der Waals surface area contributed by atoms with Crippen molar-refractivity contribution in [3.8, 4) is 17.0 Å². The zero-order chi connectivity index (χ0) is 25.8. The van der Waals surface area contributed by atoms with Gasteiger partial charge in [0.05, 0.1) is 18.8 Å². The van der Waals surface area contributed by atoms with Crippen LogP contribution in [-0.2, 0) is 24.4 Å². The molecule has 0 spiro atoms. The van der Waals surface area contributed by atoms with Gasteiger partial charge < -0.3 is 15.0 Å². The maximum absolute atomic E-state index is 13.9. The number of nitrogens with zero attached hydrogens (tertiary/aromatic N) is 3. The highest BCUT2D eigenvalue weighted by Crippen LogP contribution is 2.32. The fraction of sp³-hybridized carbons (Fsp3) is 0.233. The second kappa shape index (κ2) is 10.3. The van der Waals surface area contributed by atoms with Gasteiger partial charge in [0, 0.05) is 18.7 Å². The number of nitrogens with one attached hydrogen (secondary N) is 1. The van der Waals surface area contributed by atoms with Gasteiger partial charge >= 0.3 is 0 Å². The first-order valence-electron chi connectivity index (χ1n) is 12.5. The minimum absolute atomic E-state index is 0.224. The average Bonchev–Trinajstić information content (AvgIpc) is 3.36. The Hall–Kier alpha value is -4.39. The molecule has 3 aromatic carbocycles. The first-order chi connectivity index (χ1) is 18.0. The summed E-state index contributed by atoms with van der Waals surface area (Å²) >= 11 is 0. The van der Waals surface area contributed by atoms with E-state index in [-0.39, 0.29) is 24.9 Å². The number of carbonyl (C=O) groups is 2. The maximum Gasteiger partial charge on any atom is 0.273 e. The Bertz CT molecular complexity index is 1380. The third kappa shape index (κ3) is 4.98. The Morgan fingerprint density at radius 3 is 2.32 bits per heavy atom. The zero-order valence-corrected chi connectivity index (χ0v) is 21.1. The van der Waals surface area contributed by atoms with Crippen LogP contribution in [0.5, 0.6) is 5.75 Å². The number of amides is 2. The van der Waals surface area contributed by atoms with Gasteiger partial charge in [-0.2, -0.15) is 5.10 Å². The number of benzene rings is 3. The number of fused-ring (bicyclic) bond motifs is 1. The zero-order valence-electron chi connectivity index (χ0n) is 21.1. The molecule has 188 valence electrons. The predicted octanol–water partition coefficient (Wildman–Crippen LogP) is 4.68. The first-order valence-corrected chi connectivity index (χ1v) is 12.5. The minimum Gasteiger partial charge on any atom is -0.494 e. The Labute approximate surface area is 216 Å². The second-order valence-corrected chi connectivity index (χ2v) is 9.35. The summed E-state index contributed by atoms with van der Waals surface area (Å²) in [6, 6.07) is 28.9. The second-order valence-electron chi connectivity index (χ2n) is 9.35. The van der Waals surface area contributed by atoms with Gasteiger partial charge in [-0.15, -0.1) is 0 Å². The predicted molar refractivity (Wildman–Crippen MR) is 142 cm³/mol.